The first kappa shape index (κ1) is 12.2. The largest absolute Gasteiger partial charge is 0.472 e. The summed E-state index contributed by atoms with van der Waals surface area (Å²) in [6, 6.07) is 3.17. The first-order valence-corrected chi connectivity index (χ1v) is 7.18. The molecule has 3 nitrogen and oxygen atoms in total. The quantitative estimate of drug-likeness (QED) is 0.875. The molecule has 2 saturated heterocycles. The van der Waals surface area contributed by atoms with Gasteiger partial charge >= 0.3 is 0 Å². The van der Waals surface area contributed by atoms with Crippen molar-refractivity contribution in [1.29, 1.82) is 0 Å². The smallest absolute Gasteiger partial charge is 0.0950 e. The highest BCUT2D eigenvalue weighted by Gasteiger charge is 2.40. The van der Waals surface area contributed by atoms with Crippen LogP contribution in [0.15, 0.2) is 23.0 Å². The normalized spacial score (nSPS) is 37.4. The number of fused-ring (bicyclic) bond motifs is 1. The molecule has 0 radical (unpaired) electrons. The molecule has 3 heterocycles. The van der Waals surface area contributed by atoms with Crippen LogP contribution < -0.4 is 0 Å². The number of hydrogen-bond acceptors (Lipinski definition) is 3. The molecule has 0 aromatic carbocycles. The Labute approximate surface area is 109 Å². The van der Waals surface area contributed by atoms with Crippen LogP contribution in [-0.2, 0) is 0 Å². The van der Waals surface area contributed by atoms with Gasteiger partial charge in [-0.3, -0.25) is 4.90 Å². The molecular formula is C15H23NO2. The van der Waals surface area contributed by atoms with E-state index in [1.54, 1.807) is 6.26 Å². The zero-order valence-corrected chi connectivity index (χ0v) is 11.1. The van der Waals surface area contributed by atoms with Crippen LogP contribution in [0.2, 0.25) is 0 Å². The van der Waals surface area contributed by atoms with Gasteiger partial charge in [-0.25, -0.2) is 0 Å². The molecule has 0 saturated carbocycles. The number of aliphatic hydroxyl groups is 1. The molecule has 1 N–H and O–H groups in total. The minimum atomic E-state index is 0.341. The van der Waals surface area contributed by atoms with Crippen molar-refractivity contribution in [3.05, 3.63) is 24.2 Å². The molecule has 1 aromatic rings. The third kappa shape index (κ3) is 2.10. The van der Waals surface area contributed by atoms with Gasteiger partial charge in [0, 0.05) is 30.8 Å². The van der Waals surface area contributed by atoms with E-state index in [0.29, 0.717) is 24.6 Å². The summed E-state index contributed by atoms with van der Waals surface area (Å²) in [4.78, 5) is 2.63. The van der Waals surface area contributed by atoms with Gasteiger partial charge in [-0.1, -0.05) is 6.92 Å². The molecule has 0 amide bonds. The van der Waals surface area contributed by atoms with E-state index < -0.39 is 0 Å². The van der Waals surface area contributed by atoms with E-state index in [2.05, 4.69) is 17.9 Å². The van der Waals surface area contributed by atoms with Crippen molar-refractivity contribution in [3.8, 4) is 0 Å². The summed E-state index contributed by atoms with van der Waals surface area (Å²) in [5.74, 6) is 1.24. The van der Waals surface area contributed by atoms with E-state index in [1.165, 1.54) is 18.4 Å². The molecule has 1 aromatic heterocycles. The molecule has 4 atom stereocenters. The third-order valence-electron chi connectivity index (χ3n) is 4.82. The molecule has 2 aliphatic rings. The summed E-state index contributed by atoms with van der Waals surface area (Å²) in [7, 11) is 0. The van der Waals surface area contributed by atoms with Gasteiger partial charge in [0.15, 0.2) is 0 Å². The number of nitrogens with zero attached hydrogens (tertiary/aromatic N) is 1. The number of rotatable bonds is 2. The first-order valence-electron chi connectivity index (χ1n) is 7.18. The fraction of sp³-hybridized carbons (Fsp3) is 0.733. The van der Waals surface area contributed by atoms with E-state index in [-0.39, 0.29) is 0 Å². The maximum Gasteiger partial charge on any atom is 0.0950 e. The Kier molecular flexibility index (Phi) is 3.44. The lowest BCUT2D eigenvalue weighted by Crippen LogP contribution is -2.52. The van der Waals surface area contributed by atoms with Crippen LogP contribution in [0, 0.1) is 11.8 Å². The van der Waals surface area contributed by atoms with Gasteiger partial charge in [-0.2, -0.15) is 0 Å². The predicted octanol–water partition coefficient (Wildman–Crippen LogP) is 2.82. The molecule has 0 bridgehead atoms. The van der Waals surface area contributed by atoms with Crippen LogP contribution in [0.1, 0.15) is 44.2 Å². The second-order valence-corrected chi connectivity index (χ2v) is 6.04. The van der Waals surface area contributed by atoms with Crippen LogP contribution in [0.25, 0.3) is 0 Å². The fourth-order valence-corrected chi connectivity index (χ4v) is 3.84. The van der Waals surface area contributed by atoms with Gasteiger partial charge in [0.2, 0.25) is 0 Å². The Morgan fingerprint density at radius 1 is 1.33 bits per heavy atom. The van der Waals surface area contributed by atoms with Crippen molar-refractivity contribution in [1.82, 2.24) is 4.90 Å². The highest BCUT2D eigenvalue weighted by atomic mass is 16.3. The Bertz CT molecular complexity index is 376. The Hall–Kier alpha value is -0.800. The first-order chi connectivity index (χ1) is 8.79. The number of hydrogen-bond donors (Lipinski definition) is 1. The van der Waals surface area contributed by atoms with E-state index >= 15 is 0 Å². The second kappa shape index (κ2) is 5.06. The molecule has 0 unspecified atom stereocenters. The molecule has 18 heavy (non-hydrogen) atoms. The summed E-state index contributed by atoms with van der Waals surface area (Å²) < 4.78 is 5.25. The number of aliphatic hydroxyl groups excluding tert-OH is 1. The lowest BCUT2D eigenvalue weighted by atomic mass is 9.77. The lowest BCUT2D eigenvalue weighted by Gasteiger charge is -2.50. The standard InChI is InChI=1S/C15H23NO2/c1-11-2-4-14-12(9-17)3-5-15(16(14)8-11)13-6-7-18-10-13/h6-7,10-12,14-15,17H,2-5,8-9H2,1H3/t11-,12-,14-,15-/m0/s1. The monoisotopic (exact) mass is 249 g/mol. The van der Waals surface area contributed by atoms with Crippen LogP contribution in [0.4, 0.5) is 0 Å². The Morgan fingerprint density at radius 2 is 2.22 bits per heavy atom. The van der Waals surface area contributed by atoms with E-state index in [0.717, 1.165) is 25.3 Å². The van der Waals surface area contributed by atoms with Gasteiger partial charge in [0.1, 0.15) is 0 Å². The van der Waals surface area contributed by atoms with Crippen LogP contribution in [0.5, 0.6) is 0 Å². The lowest BCUT2D eigenvalue weighted by molar-refractivity contribution is -0.0243. The SMILES string of the molecule is C[C@H]1CC[C@H]2[C@H](CO)CC[C@@H](c3ccoc3)N2C1. The minimum absolute atomic E-state index is 0.341. The van der Waals surface area contributed by atoms with Crippen molar-refractivity contribution in [2.24, 2.45) is 11.8 Å². The van der Waals surface area contributed by atoms with Crippen molar-refractivity contribution < 1.29 is 9.52 Å². The van der Waals surface area contributed by atoms with E-state index in [1.807, 2.05) is 6.26 Å². The molecule has 3 heteroatoms. The van der Waals surface area contributed by atoms with Gasteiger partial charge < -0.3 is 9.52 Å². The van der Waals surface area contributed by atoms with E-state index in [9.17, 15) is 5.11 Å². The molecule has 100 valence electrons. The van der Waals surface area contributed by atoms with Crippen molar-refractivity contribution >= 4 is 0 Å². The summed E-state index contributed by atoms with van der Waals surface area (Å²) in [5.41, 5.74) is 1.31. The third-order valence-corrected chi connectivity index (χ3v) is 4.82. The van der Waals surface area contributed by atoms with Crippen LogP contribution >= 0.6 is 0 Å². The number of piperidine rings is 2. The minimum Gasteiger partial charge on any atom is -0.472 e. The number of furan rings is 1. The fourth-order valence-electron chi connectivity index (χ4n) is 3.84. The van der Waals surface area contributed by atoms with Gasteiger partial charge in [-0.15, -0.1) is 0 Å². The molecule has 2 fully saturated rings. The Morgan fingerprint density at radius 3 is 2.94 bits per heavy atom. The molecule has 0 aliphatic carbocycles. The molecular weight excluding hydrogens is 226 g/mol. The summed E-state index contributed by atoms with van der Waals surface area (Å²) in [6.07, 6.45) is 8.49. The highest BCUT2D eigenvalue weighted by molar-refractivity contribution is 5.14. The van der Waals surface area contributed by atoms with Gasteiger partial charge in [-0.05, 0) is 43.6 Å². The Balaban J connectivity index is 1.84. The highest BCUT2D eigenvalue weighted by Crippen LogP contribution is 2.42. The van der Waals surface area contributed by atoms with Crippen LogP contribution in [0.3, 0.4) is 0 Å². The average Bonchev–Trinajstić information content (AvgIpc) is 2.91. The van der Waals surface area contributed by atoms with Crippen LogP contribution in [-0.4, -0.2) is 29.2 Å². The zero-order chi connectivity index (χ0) is 12.5. The summed E-state index contributed by atoms with van der Waals surface area (Å²) in [5, 5.41) is 9.57. The second-order valence-electron chi connectivity index (χ2n) is 6.04. The topological polar surface area (TPSA) is 36.6 Å². The maximum atomic E-state index is 9.57. The van der Waals surface area contributed by atoms with Crippen molar-refractivity contribution in [2.75, 3.05) is 13.2 Å². The predicted molar refractivity (Wildman–Crippen MR) is 70.2 cm³/mol. The zero-order valence-electron chi connectivity index (χ0n) is 11.1. The molecule has 0 spiro atoms. The van der Waals surface area contributed by atoms with Gasteiger partial charge in [0.05, 0.1) is 12.5 Å². The summed E-state index contributed by atoms with van der Waals surface area (Å²) >= 11 is 0. The summed E-state index contributed by atoms with van der Waals surface area (Å²) in [6.45, 7) is 3.84. The van der Waals surface area contributed by atoms with Crippen molar-refractivity contribution in [2.45, 2.75) is 44.7 Å². The van der Waals surface area contributed by atoms with Gasteiger partial charge in [0.25, 0.3) is 0 Å². The van der Waals surface area contributed by atoms with E-state index in [4.69, 9.17) is 4.42 Å². The van der Waals surface area contributed by atoms with Crippen molar-refractivity contribution in [3.63, 3.8) is 0 Å². The maximum absolute atomic E-state index is 9.57. The molecule has 3 rings (SSSR count). The molecule has 2 aliphatic heterocycles. The average molecular weight is 249 g/mol.